The number of rotatable bonds is 6. The van der Waals surface area contributed by atoms with Crippen molar-refractivity contribution in [3.8, 4) is 0 Å². The van der Waals surface area contributed by atoms with Crippen LogP contribution in [0.5, 0.6) is 0 Å². The molecule has 1 unspecified atom stereocenters. The standard InChI is InChI=1S/C11H21N3O/c1-3-4-5-6-7-8-9-10(15)14(2)11(12)13-9/h9H,3-8H2,1-2H3,(H2,12,13). The molecule has 0 aromatic heterocycles. The maximum Gasteiger partial charge on any atom is 0.253 e. The monoisotopic (exact) mass is 211 g/mol. The third kappa shape index (κ3) is 3.22. The number of likely N-dealkylation sites (N-methyl/N-ethyl adjacent to an activating group) is 1. The maximum absolute atomic E-state index is 11.6. The third-order valence-corrected chi connectivity index (χ3v) is 2.83. The molecule has 0 saturated carbocycles. The fraction of sp³-hybridized carbons (Fsp3) is 0.818. The fourth-order valence-corrected chi connectivity index (χ4v) is 1.77. The number of amides is 1. The molecule has 0 saturated heterocycles. The summed E-state index contributed by atoms with van der Waals surface area (Å²) in [5.74, 6) is 0.404. The minimum Gasteiger partial charge on any atom is -0.369 e. The molecule has 1 rings (SSSR count). The lowest BCUT2D eigenvalue weighted by molar-refractivity contribution is -0.126. The molecular weight excluding hydrogens is 190 g/mol. The van der Waals surface area contributed by atoms with Gasteiger partial charge in [-0.25, -0.2) is 4.99 Å². The molecule has 0 fully saturated rings. The predicted octanol–water partition coefficient (Wildman–Crippen LogP) is 1.50. The largest absolute Gasteiger partial charge is 0.369 e. The quantitative estimate of drug-likeness (QED) is 0.677. The van der Waals surface area contributed by atoms with Crippen LogP contribution in [0.15, 0.2) is 4.99 Å². The van der Waals surface area contributed by atoms with Crippen LogP contribution in [0.2, 0.25) is 0 Å². The second-order valence-corrected chi connectivity index (χ2v) is 4.10. The van der Waals surface area contributed by atoms with Crippen LogP contribution in [0.3, 0.4) is 0 Å². The van der Waals surface area contributed by atoms with Gasteiger partial charge in [0.2, 0.25) is 0 Å². The van der Waals surface area contributed by atoms with Gasteiger partial charge in [0.1, 0.15) is 6.04 Å². The average molecular weight is 211 g/mol. The van der Waals surface area contributed by atoms with Crippen LogP contribution in [-0.2, 0) is 4.79 Å². The smallest absolute Gasteiger partial charge is 0.253 e. The molecule has 0 aromatic carbocycles. The first-order chi connectivity index (χ1) is 7.16. The maximum atomic E-state index is 11.6. The number of hydrogen-bond acceptors (Lipinski definition) is 3. The molecule has 1 aliphatic rings. The van der Waals surface area contributed by atoms with E-state index in [9.17, 15) is 4.79 Å². The van der Waals surface area contributed by atoms with Crippen LogP contribution in [-0.4, -0.2) is 29.9 Å². The Kier molecular flexibility index (Phi) is 4.59. The first-order valence-electron chi connectivity index (χ1n) is 5.77. The van der Waals surface area contributed by atoms with Gasteiger partial charge in [0.15, 0.2) is 5.96 Å². The van der Waals surface area contributed by atoms with Crippen molar-refractivity contribution >= 4 is 11.9 Å². The van der Waals surface area contributed by atoms with Crippen LogP contribution in [0.1, 0.15) is 45.4 Å². The minimum absolute atomic E-state index is 0.0444. The fourth-order valence-electron chi connectivity index (χ4n) is 1.77. The van der Waals surface area contributed by atoms with Crippen molar-refractivity contribution in [1.82, 2.24) is 4.90 Å². The molecule has 15 heavy (non-hydrogen) atoms. The summed E-state index contributed by atoms with van der Waals surface area (Å²) in [5, 5.41) is 0. The molecule has 0 aromatic rings. The number of guanidine groups is 1. The highest BCUT2D eigenvalue weighted by atomic mass is 16.2. The SMILES string of the molecule is CCCCCCCC1N=C(N)N(C)C1=O. The summed E-state index contributed by atoms with van der Waals surface area (Å²) in [6.07, 6.45) is 6.89. The molecule has 0 spiro atoms. The highest BCUT2D eigenvalue weighted by molar-refractivity contribution is 6.03. The molecule has 1 heterocycles. The summed E-state index contributed by atoms with van der Waals surface area (Å²) in [6.45, 7) is 2.19. The number of hydrogen-bond donors (Lipinski definition) is 1. The Bertz CT molecular complexity index is 250. The second-order valence-electron chi connectivity index (χ2n) is 4.10. The zero-order valence-electron chi connectivity index (χ0n) is 9.70. The van der Waals surface area contributed by atoms with Gasteiger partial charge >= 0.3 is 0 Å². The lowest BCUT2D eigenvalue weighted by Gasteiger charge is -2.09. The number of carbonyl (C=O) groups excluding carboxylic acids is 1. The van der Waals surface area contributed by atoms with E-state index in [1.807, 2.05) is 0 Å². The molecule has 86 valence electrons. The van der Waals surface area contributed by atoms with Crippen LogP contribution >= 0.6 is 0 Å². The van der Waals surface area contributed by atoms with Gasteiger partial charge in [0.05, 0.1) is 0 Å². The number of carbonyl (C=O) groups is 1. The van der Waals surface area contributed by atoms with E-state index < -0.39 is 0 Å². The Morgan fingerprint density at radius 2 is 2.00 bits per heavy atom. The van der Waals surface area contributed by atoms with Gasteiger partial charge in [-0.3, -0.25) is 9.69 Å². The Morgan fingerprint density at radius 1 is 1.33 bits per heavy atom. The van der Waals surface area contributed by atoms with Gasteiger partial charge in [0, 0.05) is 7.05 Å². The lowest BCUT2D eigenvalue weighted by atomic mass is 10.1. The normalized spacial score (nSPS) is 20.9. The topological polar surface area (TPSA) is 58.7 Å². The molecule has 1 amide bonds. The molecule has 1 atom stereocenters. The van der Waals surface area contributed by atoms with Gasteiger partial charge in [-0.1, -0.05) is 39.0 Å². The van der Waals surface area contributed by atoms with Crippen LogP contribution < -0.4 is 5.73 Å². The minimum atomic E-state index is -0.211. The second kappa shape index (κ2) is 5.73. The van der Waals surface area contributed by atoms with E-state index in [1.165, 1.54) is 30.6 Å². The van der Waals surface area contributed by atoms with E-state index in [4.69, 9.17) is 5.73 Å². The Morgan fingerprint density at radius 3 is 2.53 bits per heavy atom. The first kappa shape index (κ1) is 12.0. The zero-order chi connectivity index (χ0) is 11.3. The van der Waals surface area contributed by atoms with Crippen molar-refractivity contribution in [3.63, 3.8) is 0 Å². The lowest BCUT2D eigenvalue weighted by Crippen LogP contribution is -2.35. The third-order valence-electron chi connectivity index (χ3n) is 2.83. The summed E-state index contributed by atoms with van der Waals surface area (Å²) >= 11 is 0. The average Bonchev–Trinajstić information content (AvgIpc) is 2.46. The van der Waals surface area contributed by atoms with Crippen LogP contribution in [0.25, 0.3) is 0 Å². The van der Waals surface area contributed by atoms with Crippen molar-refractivity contribution in [3.05, 3.63) is 0 Å². The van der Waals surface area contributed by atoms with E-state index in [0.29, 0.717) is 5.96 Å². The molecule has 1 aliphatic heterocycles. The summed E-state index contributed by atoms with van der Waals surface area (Å²) in [6, 6.07) is -0.211. The Labute approximate surface area is 91.5 Å². The molecular formula is C11H21N3O. The molecule has 2 N–H and O–H groups in total. The predicted molar refractivity (Wildman–Crippen MR) is 61.6 cm³/mol. The number of nitrogens with two attached hydrogens (primary N) is 1. The van der Waals surface area contributed by atoms with E-state index in [-0.39, 0.29) is 11.9 Å². The molecule has 0 bridgehead atoms. The summed E-state index contributed by atoms with van der Waals surface area (Å²) in [7, 11) is 1.68. The van der Waals surface area contributed by atoms with Gasteiger partial charge in [-0.2, -0.15) is 0 Å². The molecule has 4 nitrogen and oxygen atoms in total. The van der Waals surface area contributed by atoms with Gasteiger partial charge in [0.25, 0.3) is 5.91 Å². The Balaban J connectivity index is 2.20. The van der Waals surface area contributed by atoms with Gasteiger partial charge in [-0.15, -0.1) is 0 Å². The highest BCUT2D eigenvalue weighted by Gasteiger charge is 2.29. The number of nitrogens with zero attached hydrogens (tertiary/aromatic N) is 2. The van der Waals surface area contributed by atoms with Crippen LogP contribution in [0.4, 0.5) is 0 Å². The van der Waals surface area contributed by atoms with Crippen LogP contribution in [0, 0.1) is 0 Å². The van der Waals surface area contributed by atoms with E-state index in [2.05, 4.69) is 11.9 Å². The summed E-state index contributed by atoms with van der Waals surface area (Å²) < 4.78 is 0. The zero-order valence-corrected chi connectivity index (χ0v) is 9.70. The van der Waals surface area contributed by atoms with Crippen molar-refractivity contribution in [2.75, 3.05) is 7.05 Å². The molecule has 0 aliphatic carbocycles. The highest BCUT2D eigenvalue weighted by Crippen LogP contribution is 2.15. The van der Waals surface area contributed by atoms with Gasteiger partial charge < -0.3 is 5.73 Å². The van der Waals surface area contributed by atoms with Gasteiger partial charge in [-0.05, 0) is 6.42 Å². The van der Waals surface area contributed by atoms with E-state index in [0.717, 1.165) is 12.8 Å². The summed E-state index contributed by atoms with van der Waals surface area (Å²) in [4.78, 5) is 17.1. The first-order valence-corrected chi connectivity index (χ1v) is 5.77. The number of unbranched alkanes of at least 4 members (excludes halogenated alkanes) is 4. The van der Waals surface area contributed by atoms with Crippen molar-refractivity contribution in [2.45, 2.75) is 51.5 Å². The van der Waals surface area contributed by atoms with Crippen molar-refractivity contribution in [2.24, 2.45) is 10.7 Å². The summed E-state index contributed by atoms with van der Waals surface area (Å²) in [5.41, 5.74) is 5.57. The Hall–Kier alpha value is -1.06. The van der Waals surface area contributed by atoms with Crippen molar-refractivity contribution in [1.29, 1.82) is 0 Å². The van der Waals surface area contributed by atoms with E-state index in [1.54, 1.807) is 7.05 Å². The molecule has 4 heteroatoms. The molecule has 0 radical (unpaired) electrons. The van der Waals surface area contributed by atoms with E-state index >= 15 is 0 Å². The number of aliphatic imine (C=N–C) groups is 1. The van der Waals surface area contributed by atoms with Crippen molar-refractivity contribution < 1.29 is 4.79 Å².